The number of aliphatic hydroxyl groups is 1. The molecule has 3 aromatic rings. The Labute approximate surface area is 147 Å². The minimum Gasteiger partial charge on any atom is -0.466 e. The third-order valence-electron chi connectivity index (χ3n) is 4.51. The first-order valence-corrected chi connectivity index (χ1v) is 8.48. The van der Waals surface area contributed by atoms with Crippen molar-refractivity contribution in [2.45, 2.75) is 39.2 Å². The summed E-state index contributed by atoms with van der Waals surface area (Å²) in [6.07, 6.45) is 2.96. The van der Waals surface area contributed by atoms with E-state index in [0.29, 0.717) is 24.2 Å². The number of fused-ring (bicyclic) bond motifs is 1. The summed E-state index contributed by atoms with van der Waals surface area (Å²) in [5.74, 6) is 1.35. The molecule has 0 aliphatic carbocycles. The van der Waals surface area contributed by atoms with E-state index >= 15 is 0 Å². The maximum absolute atomic E-state index is 12.1. The van der Waals surface area contributed by atoms with Gasteiger partial charge in [-0.3, -0.25) is 4.79 Å². The lowest BCUT2D eigenvalue weighted by Crippen LogP contribution is -2.38. The van der Waals surface area contributed by atoms with Gasteiger partial charge in [0, 0.05) is 23.7 Å². The number of amides is 1. The summed E-state index contributed by atoms with van der Waals surface area (Å²) < 4.78 is 5.47. The highest BCUT2D eigenvalue weighted by Crippen LogP contribution is 2.26. The molecule has 1 amide bonds. The predicted octanol–water partition coefficient (Wildman–Crippen LogP) is 3.33. The van der Waals surface area contributed by atoms with Crippen LogP contribution in [-0.2, 0) is 16.8 Å². The van der Waals surface area contributed by atoms with Crippen molar-refractivity contribution in [2.75, 3.05) is 6.54 Å². The SMILES string of the molecule is Cc1cc(C(C)(O)CNC(=O)CCc2ccc3[nH]ccc3c2)c(C)o1. The van der Waals surface area contributed by atoms with Crippen molar-refractivity contribution in [3.8, 4) is 0 Å². The van der Waals surface area contributed by atoms with Gasteiger partial charge in [-0.1, -0.05) is 6.07 Å². The van der Waals surface area contributed by atoms with Gasteiger partial charge in [-0.15, -0.1) is 0 Å². The first kappa shape index (κ1) is 17.3. The number of aromatic amines is 1. The quantitative estimate of drug-likeness (QED) is 0.644. The molecule has 3 N–H and O–H groups in total. The van der Waals surface area contributed by atoms with Crippen LogP contribution in [0.15, 0.2) is 40.9 Å². The molecule has 0 radical (unpaired) electrons. The van der Waals surface area contributed by atoms with E-state index in [1.807, 2.05) is 44.3 Å². The Morgan fingerprint density at radius 2 is 2.08 bits per heavy atom. The van der Waals surface area contributed by atoms with Gasteiger partial charge in [0.25, 0.3) is 0 Å². The van der Waals surface area contributed by atoms with Gasteiger partial charge >= 0.3 is 0 Å². The normalized spacial score (nSPS) is 13.8. The van der Waals surface area contributed by atoms with Crippen molar-refractivity contribution in [1.29, 1.82) is 0 Å². The fourth-order valence-corrected chi connectivity index (χ4v) is 3.14. The summed E-state index contributed by atoms with van der Waals surface area (Å²) >= 11 is 0. The molecule has 0 saturated heterocycles. The highest BCUT2D eigenvalue weighted by molar-refractivity contribution is 5.80. The van der Waals surface area contributed by atoms with Crippen molar-refractivity contribution < 1.29 is 14.3 Å². The molecule has 3 rings (SSSR count). The summed E-state index contributed by atoms with van der Waals surface area (Å²) in [6, 6.07) is 9.98. The van der Waals surface area contributed by atoms with Crippen molar-refractivity contribution in [3.63, 3.8) is 0 Å². The third-order valence-corrected chi connectivity index (χ3v) is 4.51. The van der Waals surface area contributed by atoms with Crippen LogP contribution >= 0.6 is 0 Å². The van der Waals surface area contributed by atoms with E-state index in [1.54, 1.807) is 6.92 Å². The van der Waals surface area contributed by atoms with Crippen LogP contribution < -0.4 is 5.32 Å². The Hall–Kier alpha value is -2.53. The zero-order chi connectivity index (χ0) is 18.0. The summed E-state index contributed by atoms with van der Waals surface area (Å²) in [6.45, 7) is 5.50. The number of aryl methyl sites for hydroxylation is 3. The molecule has 0 bridgehead atoms. The van der Waals surface area contributed by atoms with Gasteiger partial charge in [0.15, 0.2) is 0 Å². The van der Waals surface area contributed by atoms with Gasteiger partial charge < -0.3 is 19.8 Å². The van der Waals surface area contributed by atoms with Crippen LogP contribution in [0.5, 0.6) is 0 Å². The van der Waals surface area contributed by atoms with E-state index in [-0.39, 0.29) is 12.5 Å². The predicted molar refractivity (Wildman–Crippen MR) is 97.4 cm³/mol. The van der Waals surface area contributed by atoms with E-state index in [1.165, 1.54) is 0 Å². The molecule has 0 fully saturated rings. The van der Waals surface area contributed by atoms with E-state index in [9.17, 15) is 9.90 Å². The van der Waals surface area contributed by atoms with E-state index in [0.717, 1.165) is 22.2 Å². The molecule has 0 aliphatic heterocycles. The average molecular weight is 340 g/mol. The monoisotopic (exact) mass is 340 g/mol. The summed E-state index contributed by atoms with van der Waals surface area (Å²) in [5.41, 5.74) is 1.77. The van der Waals surface area contributed by atoms with Crippen LogP contribution in [0.1, 0.15) is 36.0 Å². The lowest BCUT2D eigenvalue weighted by Gasteiger charge is -2.23. The molecule has 132 valence electrons. The standard InChI is InChI=1S/C20H24N2O3/c1-13-10-17(14(2)25-13)20(3,24)12-22-19(23)7-5-15-4-6-18-16(11-15)8-9-21-18/h4,6,8-11,21,24H,5,7,12H2,1-3H3,(H,22,23). The van der Waals surface area contributed by atoms with Crippen molar-refractivity contribution in [3.05, 3.63) is 59.2 Å². The number of furan rings is 1. The molecule has 1 atom stereocenters. The van der Waals surface area contributed by atoms with Crippen LogP contribution in [0.4, 0.5) is 0 Å². The minimum atomic E-state index is -1.15. The van der Waals surface area contributed by atoms with Crippen LogP contribution in [0.2, 0.25) is 0 Å². The number of rotatable bonds is 6. The lowest BCUT2D eigenvalue weighted by molar-refractivity contribution is -0.122. The maximum Gasteiger partial charge on any atom is 0.220 e. The number of nitrogens with one attached hydrogen (secondary N) is 2. The third kappa shape index (κ3) is 3.94. The van der Waals surface area contributed by atoms with E-state index in [2.05, 4.69) is 16.4 Å². The maximum atomic E-state index is 12.1. The number of carbonyl (C=O) groups excluding carboxylic acids is 1. The van der Waals surface area contributed by atoms with Gasteiger partial charge in [-0.2, -0.15) is 0 Å². The number of carbonyl (C=O) groups is 1. The van der Waals surface area contributed by atoms with Gasteiger partial charge in [0.2, 0.25) is 5.91 Å². The molecule has 0 aliphatic rings. The molecule has 2 heterocycles. The number of hydrogen-bond donors (Lipinski definition) is 3. The summed E-state index contributed by atoms with van der Waals surface area (Å²) in [7, 11) is 0. The van der Waals surface area contributed by atoms with Crippen molar-refractivity contribution >= 4 is 16.8 Å². The number of hydrogen-bond acceptors (Lipinski definition) is 3. The minimum absolute atomic E-state index is 0.0766. The summed E-state index contributed by atoms with van der Waals surface area (Å²) in [5, 5.41) is 14.6. The molecule has 1 aromatic carbocycles. The highest BCUT2D eigenvalue weighted by atomic mass is 16.3. The second kappa shape index (κ2) is 6.76. The fraction of sp³-hybridized carbons (Fsp3) is 0.350. The topological polar surface area (TPSA) is 78.3 Å². The molecule has 5 heteroatoms. The Morgan fingerprint density at radius 1 is 1.28 bits per heavy atom. The smallest absolute Gasteiger partial charge is 0.220 e. The van der Waals surface area contributed by atoms with Crippen LogP contribution in [-0.4, -0.2) is 22.5 Å². The molecule has 0 saturated carbocycles. The van der Waals surface area contributed by atoms with Crippen molar-refractivity contribution in [1.82, 2.24) is 10.3 Å². The molecular weight excluding hydrogens is 316 g/mol. The second-order valence-electron chi connectivity index (χ2n) is 6.78. The van der Waals surface area contributed by atoms with Crippen LogP contribution in [0.3, 0.4) is 0 Å². The van der Waals surface area contributed by atoms with Crippen LogP contribution in [0.25, 0.3) is 10.9 Å². The Morgan fingerprint density at radius 3 is 2.80 bits per heavy atom. The van der Waals surface area contributed by atoms with Crippen molar-refractivity contribution in [2.24, 2.45) is 0 Å². The van der Waals surface area contributed by atoms with Gasteiger partial charge in [-0.05, 0) is 62.4 Å². The molecule has 1 unspecified atom stereocenters. The van der Waals surface area contributed by atoms with Gasteiger partial charge in [0.1, 0.15) is 17.1 Å². The largest absolute Gasteiger partial charge is 0.466 e. The lowest BCUT2D eigenvalue weighted by atomic mass is 9.96. The number of benzene rings is 1. The molecule has 5 nitrogen and oxygen atoms in total. The molecule has 2 aromatic heterocycles. The Bertz CT molecular complexity index is 889. The molecule has 25 heavy (non-hydrogen) atoms. The summed E-state index contributed by atoms with van der Waals surface area (Å²) in [4.78, 5) is 15.3. The zero-order valence-corrected chi connectivity index (χ0v) is 14.8. The first-order valence-electron chi connectivity index (χ1n) is 8.48. The van der Waals surface area contributed by atoms with E-state index < -0.39 is 5.60 Å². The van der Waals surface area contributed by atoms with Gasteiger partial charge in [0.05, 0.1) is 6.54 Å². The molecule has 0 spiro atoms. The number of aromatic nitrogens is 1. The average Bonchev–Trinajstić information content (AvgIpc) is 3.16. The Kier molecular flexibility index (Phi) is 4.68. The molecular formula is C20H24N2O3. The first-order chi connectivity index (χ1) is 11.8. The van der Waals surface area contributed by atoms with Gasteiger partial charge in [-0.25, -0.2) is 0 Å². The Balaban J connectivity index is 1.54. The van der Waals surface area contributed by atoms with E-state index in [4.69, 9.17) is 4.42 Å². The fourth-order valence-electron chi connectivity index (χ4n) is 3.14. The van der Waals surface area contributed by atoms with Crippen LogP contribution in [0, 0.1) is 13.8 Å². The highest BCUT2D eigenvalue weighted by Gasteiger charge is 2.28. The second-order valence-corrected chi connectivity index (χ2v) is 6.78. The zero-order valence-electron chi connectivity index (χ0n) is 14.8. The number of H-pyrrole nitrogens is 1.